The molecule has 0 aromatic heterocycles. The molecular formula is C16H14FNS. The summed E-state index contributed by atoms with van der Waals surface area (Å²) in [5.74, 6) is 1.26. The van der Waals surface area contributed by atoms with Gasteiger partial charge in [0.15, 0.2) is 0 Å². The normalized spacial score (nSPS) is 10.2. The standard InChI is InChI=1S/C16H14FNS/c1-12-4-2-3-5-15(12)11-19-10-14-6-13(9-18)7-16(17)8-14/h2-8H,10-11H2,1H3. The predicted molar refractivity (Wildman–Crippen MR) is 77.3 cm³/mol. The van der Waals surface area contributed by atoms with Crippen LogP contribution in [0.5, 0.6) is 0 Å². The zero-order valence-corrected chi connectivity index (χ0v) is 11.5. The molecule has 96 valence electrons. The number of nitrogens with zero attached hydrogens (tertiary/aromatic N) is 1. The number of hydrogen-bond donors (Lipinski definition) is 0. The van der Waals surface area contributed by atoms with Gasteiger partial charge in [-0.3, -0.25) is 0 Å². The Hall–Kier alpha value is -1.79. The molecule has 3 heteroatoms. The van der Waals surface area contributed by atoms with Gasteiger partial charge in [0.25, 0.3) is 0 Å². The Bertz CT molecular complexity index is 616. The van der Waals surface area contributed by atoms with E-state index >= 15 is 0 Å². The lowest BCUT2D eigenvalue weighted by Gasteiger charge is -2.06. The van der Waals surface area contributed by atoms with Crippen molar-refractivity contribution >= 4 is 11.8 Å². The highest BCUT2D eigenvalue weighted by Crippen LogP contribution is 2.21. The minimum atomic E-state index is -0.342. The maximum absolute atomic E-state index is 13.3. The van der Waals surface area contributed by atoms with Gasteiger partial charge in [0.2, 0.25) is 0 Å². The van der Waals surface area contributed by atoms with E-state index in [9.17, 15) is 4.39 Å². The van der Waals surface area contributed by atoms with E-state index in [-0.39, 0.29) is 5.82 Å². The molecule has 0 heterocycles. The number of hydrogen-bond acceptors (Lipinski definition) is 2. The molecule has 2 rings (SSSR count). The molecule has 0 bridgehead atoms. The second-order valence-electron chi connectivity index (χ2n) is 4.38. The fraction of sp³-hybridized carbons (Fsp3) is 0.188. The first kappa shape index (κ1) is 13.6. The van der Waals surface area contributed by atoms with Crippen LogP contribution in [0.15, 0.2) is 42.5 Å². The van der Waals surface area contributed by atoms with Crippen molar-refractivity contribution in [3.05, 3.63) is 70.5 Å². The van der Waals surface area contributed by atoms with Crippen LogP contribution >= 0.6 is 11.8 Å². The number of aryl methyl sites for hydroxylation is 1. The molecule has 0 aliphatic heterocycles. The highest BCUT2D eigenvalue weighted by atomic mass is 32.2. The molecule has 19 heavy (non-hydrogen) atoms. The van der Waals surface area contributed by atoms with Gasteiger partial charge in [-0.05, 0) is 41.8 Å². The SMILES string of the molecule is Cc1ccccc1CSCc1cc(F)cc(C#N)c1. The van der Waals surface area contributed by atoms with Crippen molar-refractivity contribution in [1.29, 1.82) is 5.26 Å². The Morgan fingerprint density at radius 2 is 1.95 bits per heavy atom. The van der Waals surface area contributed by atoms with Gasteiger partial charge < -0.3 is 0 Å². The van der Waals surface area contributed by atoms with E-state index in [1.54, 1.807) is 17.8 Å². The van der Waals surface area contributed by atoms with Crippen LogP contribution in [0.2, 0.25) is 0 Å². The van der Waals surface area contributed by atoms with Crippen molar-refractivity contribution < 1.29 is 4.39 Å². The van der Waals surface area contributed by atoms with Crippen molar-refractivity contribution in [2.75, 3.05) is 0 Å². The van der Waals surface area contributed by atoms with E-state index in [0.717, 1.165) is 11.3 Å². The Balaban J connectivity index is 1.98. The molecule has 0 saturated carbocycles. The summed E-state index contributed by atoms with van der Waals surface area (Å²) in [5, 5.41) is 8.80. The lowest BCUT2D eigenvalue weighted by Crippen LogP contribution is -1.89. The third-order valence-electron chi connectivity index (χ3n) is 2.87. The highest BCUT2D eigenvalue weighted by molar-refractivity contribution is 7.97. The Morgan fingerprint density at radius 3 is 2.68 bits per heavy atom. The van der Waals surface area contributed by atoms with Crippen molar-refractivity contribution in [3.8, 4) is 6.07 Å². The van der Waals surface area contributed by atoms with Crippen LogP contribution in [0.3, 0.4) is 0 Å². The number of thioether (sulfide) groups is 1. The van der Waals surface area contributed by atoms with E-state index in [0.29, 0.717) is 11.3 Å². The number of benzene rings is 2. The van der Waals surface area contributed by atoms with Gasteiger partial charge in [0.05, 0.1) is 11.6 Å². The lowest BCUT2D eigenvalue weighted by molar-refractivity contribution is 0.626. The third-order valence-corrected chi connectivity index (χ3v) is 3.93. The number of rotatable bonds is 4. The molecular weight excluding hydrogens is 257 g/mol. The van der Waals surface area contributed by atoms with Gasteiger partial charge in [-0.15, -0.1) is 0 Å². The zero-order valence-electron chi connectivity index (χ0n) is 10.7. The minimum absolute atomic E-state index is 0.342. The first-order chi connectivity index (χ1) is 9.19. The van der Waals surface area contributed by atoms with Crippen LogP contribution in [0.4, 0.5) is 4.39 Å². The van der Waals surface area contributed by atoms with Crippen molar-refractivity contribution in [3.63, 3.8) is 0 Å². The van der Waals surface area contributed by atoms with Gasteiger partial charge in [-0.2, -0.15) is 17.0 Å². The molecule has 0 unspecified atom stereocenters. The second-order valence-corrected chi connectivity index (χ2v) is 5.36. The summed E-state index contributed by atoms with van der Waals surface area (Å²) in [6, 6.07) is 14.7. The summed E-state index contributed by atoms with van der Waals surface area (Å²) in [7, 11) is 0. The van der Waals surface area contributed by atoms with Crippen LogP contribution in [0.25, 0.3) is 0 Å². The van der Waals surface area contributed by atoms with E-state index in [4.69, 9.17) is 5.26 Å². The minimum Gasteiger partial charge on any atom is -0.207 e. The van der Waals surface area contributed by atoms with Crippen LogP contribution in [-0.4, -0.2) is 0 Å². The fourth-order valence-corrected chi connectivity index (χ4v) is 2.90. The molecule has 0 N–H and O–H groups in total. The van der Waals surface area contributed by atoms with Gasteiger partial charge in [-0.1, -0.05) is 24.3 Å². The van der Waals surface area contributed by atoms with E-state index in [2.05, 4.69) is 19.1 Å². The molecule has 2 aromatic carbocycles. The summed E-state index contributed by atoms with van der Waals surface area (Å²) >= 11 is 1.73. The van der Waals surface area contributed by atoms with Crippen LogP contribution in [-0.2, 0) is 11.5 Å². The van der Waals surface area contributed by atoms with E-state index in [1.807, 2.05) is 18.2 Å². The molecule has 0 amide bonds. The van der Waals surface area contributed by atoms with Crippen LogP contribution < -0.4 is 0 Å². The topological polar surface area (TPSA) is 23.8 Å². The first-order valence-electron chi connectivity index (χ1n) is 6.01. The van der Waals surface area contributed by atoms with Gasteiger partial charge in [0, 0.05) is 11.5 Å². The summed E-state index contributed by atoms with van der Waals surface area (Å²) in [4.78, 5) is 0. The second kappa shape index (κ2) is 6.40. The fourth-order valence-electron chi connectivity index (χ4n) is 1.85. The molecule has 0 radical (unpaired) electrons. The summed E-state index contributed by atoms with van der Waals surface area (Å²) in [6.07, 6.45) is 0. The monoisotopic (exact) mass is 271 g/mol. The lowest BCUT2D eigenvalue weighted by atomic mass is 10.1. The van der Waals surface area contributed by atoms with Crippen molar-refractivity contribution in [1.82, 2.24) is 0 Å². The van der Waals surface area contributed by atoms with Gasteiger partial charge in [-0.25, -0.2) is 4.39 Å². The Morgan fingerprint density at radius 1 is 1.16 bits per heavy atom. The summed E-state index contributed by atoms with van der Waals surface area (Å²) < 4.78 is 13.3. The zero-order chi connectivity index (χ0) is 13.7. The van der Waals surface area contributed by atoms with E-state index < -0.39 is 0 Å². The number of nitriles is 1. The quantitative estimate of drug-likeness (QED) is 0.821. The average Bonchev–Trinajstić information content (AvgIpc) is 2.40. The van der Waals surface area contributed by atoms with Crippen LogP contribution in [0.1, 0.15) is 22.3 Å². The maximum atomic E-state index is 13.3. The molecule has 1 nitrogen and oxygen atoms in total. The first-order valence-corrected chi connectivity index (χ1v) is 7.16. The molecule has 0 aliphatic rings. The molecule has 0 fully saturated rings. The predicted octanol–water partition coefficient (Wildman–Crippen LogP) is 4.44. The highest BCUT2D eigenvalue weighted by Gasteiger charge is 2.02. The third kappa shape index (κ3) is 3.84. The largest absolute Gasteiger partial charge is 0.207 e. The molecule has 0 saturated heterocycles. The van der Waals surface area contributed by atoms with Crippen molar-refractivity contribution in [2.24, 2.45) is 0 Å². The Labute approximate surface area is 117 Å². The Kier molecular flexibility index (Phi) is 4.59. The molecule has 0 atom stereocenters. The maximum Gasteiger partial charge on any atom is 0.124 e. The van der Waals surface area contributed by atoms with E-state index in [1.165, 1.54) is 23.3 Å². The molecule has 2 aromatic rings. The summed E-state index contributed by atoms with van der Waals surface area (Å²) in [6.45, 7) is 2.09. The van der Waals surface area contributed by atoms with Crippen LogP contribution in [0, 0.1) is 24.1 Å². The average molecular weight is 271 g/mol. The van der Waals surface area contributed by atoms with Crippen molar-refractivity contribution in [2.45, 2.75) is 18.4 Å². The molecule has 0 spiro atoms. The summed E-state index contributed by atoms with van der Waals surface area (Å²) in [5.41, 5.74) is 3.80. The van der Waals surface area contributed by atoms with Gasteiger partial charge in [0.1, 0.15) is 5.82 Å². The number of halogens is 1. The van der Waals surface area contributed by atoms with Gasteiger partial charge >= 0.3 is 0 Å². The molecule has 0 aliphatic carbocycles. The smallest absolute Gasteiger partial charge is 0.124 e.